The van der Waals surface area contributed by atoms with E-state index in [0.29, 0.717) is 18.4 Å². The molecule has 2 N–H and O–H groups in total. The number of nitrogens with zero attached hydrogens (tertiary/aromatic N) is 1. The molecule has 0 fully saturated rings. The molecule has 0 saturated heterocycles. The van der Waals surface area contributed by atoms with Gasteiger partial charge in [-0.25, -0.2) is 0 Å². The van der Waals surface area contributed by atoms with Crippen LogP contribution in [0, 0.1) is 6.92 Å². The molecule has 2 amide bonds. The molecule has 27 heavy (non-hydrogen) atoms. The van der Waals surface area contributed by atoms with E-state index in [4.69, 9.17) is 0 Å². The van der Waals surface area contributed by atoms with Gasteiger partial charge in [-0.1, -0.05) is 24.3 Å². The van der Waals surface area contributed by atoms with Gasteiger partial charge >= 0.3 is 5.97 Å². The number of hydrogen-bond acceptors (Lipinski definition) is 3. The number of carbonyl (C=O) groups excluding carboxylic acids is 2. The Morgan fingerprint density at radius 1 is 1.19 bits per heavy atom. The van der Waals surface area contributed by atoms with Gasteiger partial charge in [-0.15, -0.1) is 0 Å². The summed E-state index contributed by atoms with van der Waals surface area (Å²) in [6.45, 7) is 1.89. The van der Waals surface area contributed by atoms with Crippen molar-refractivity contribution in [3.05, 3.63) is 64.7 Å². The molecule has 1 unspecified atom stereocenters. The van der Waals surface area contributed by atoms with E-state index < -0.39 is 12.0 Å². The van der Waals surface area contributed by atoms with Gasteiger partial charge < -0.3 is 15.3 Å². The van der Waals surface area contributed by atoms with Gasteiger partial charge in [-0.05, 0) is 48.2 Å². The summed E-state index contributed by atoms with van der Waals surface area (Å²) < 4.78 is 0. The molecule has 140 valence electrons. The van der Waals surface area contributed by atoms with Gasteiger partial charge in [-0.3, -0.25) is 14.4 Å². The molecule has 1 heterocycles. The lowest BCUT2D eigenvalue weighted by molar-refractivity contribution is -0.137. The topological polar surface area (TPSA) is 86.7 Å². The Balaban J connectivity index is 1.85. The molecule has 0 spiro atoms. The molecular formula is C21H22N2O4. The summed E-state index contributed by atoms with van der Waals surface area (Å²) in [6.07, 6.45) is 0.814. The molecule has 0 aliphatic carbocycles. The van der Waals surface area contributed by atoms with Crippen LogP contribution in [0.3, 0.4) is 0 Å². The van der Waals surface area contributed by atoms with E-state index in [0.717, 1.165) is 22.4 Å². The van der Waals surface area contributed by atoms with Crippen LogP contribution in [0.4, 0.5) is 5.69 Å². The van der Waals surface area contributed by atoms with Gasteiger partial charge in [0.25, 0.3) is 5.91 Å². The van der Waals surface area contributed by atoms with Crippen LogP contribution in [0.2, 0.25) is 0 Å². The van der Waals surface area contributed by atoms with Gasteiger partial charge in [-0.2, -0.15) is 0 Å². The van der Waals surface area contributed by atoms with Crippen LogP contribution < -0.4 is 10.2 Å². The van der Waals surface area contributed by atoms with Gasteiger partial charge in [0.2, 0.25) is 5.91 Å². The maximum atomic E-state index is 12.8. The lowest BCUT2D eigenvalue weighted by atomic mass is 9.97. The molecule has 6 heteroatoms. The number of carboxylic acids is 1. The Hall–Kier alpha value is -3.15. The number of aliphatic carboxylic acids is 1. The molecule has 0 bridgehead atoms. The van der Waals surface area contributed by atoms with Crippen molar-refractivity contribution in [3.8, 4) is 0 Å². The molecule has 6 nitrogen and oxygen atoms in total. The Labute approximate surface area is 157 Å². The highest BCUT2D eigenvalue weighted by Crippen LogP contribution is 2.28. The van der Waals surface area contributed by atoms with Crippen molar-refractivity contribution in [2.45, 2.75) is 32.2 Å². The fourth-order valence-electron chi connectivity index (χ4n) is 3.43. The van der Waals surface area contributed by atoms with Crippen LogP contribution in [-0.4, -0.2) is 29.9 Å². The van der Waals surface area contributed by atoms with Crippen molar-refractivity contribution >= 4 is 23.5 Å². The summed E-state index contributed by atoms with van der Waals surface area (Å²) in [6, 6.07) is 12.0. The average molecular weight is 366 g/mol. The van der Waals surface area contributed by atoms with Gasteiger partial charge in [0.05, 0.1) is 12.5 Å². The van der Waals surface area contributed by atoms with E-state index in [-0.39, 0.29) is 18.2 Å². The highest BCUT2D eigenvalue weighted by Gasteiger charge is 2.24. The summed E-state index contributed by atoms with van der Waals surface area (Å²) in [5.74, 6) is -1.25. The molecule has 0 aromatic heterocycles. The Morgan fingerprint density at radius 2 is 1.93 bits per heavy atom. The first-order valence-electron chi connectivity index (χ1n) is 8.84. The summed E-state index contributed by atoms with van der Waals surface area (Å²) in [7, 11) is 1.72. The molecule has 0 radical (unpaired) electrons. The normalized spacial score (nSPS) is 14.4. The van der Waals surface area contributed by atoms with Crippen molar-refractivity contribution in [1.29, 1.82) is 0 Å². The van der Waals surface area contributed by atoms with Crippen molar-refractivity contribution in [2.24, 2.45) is 0 Å². The van der Waals surface area contributed by atoms with Crippen LogP contribution in [0.15, 0.2) is 42.5 Å². The smallest absolute Gasteiger partial charge is 0.305 e. The monoisotopic (exact) mass is 366 g/mol. The van der Waals surface area contributed by atoms with E-state index in [9.17, 15) is 19.5 Å². The zero-order valence-corrected chi connectivity index (χ0v) is 15.4. The number of nitrogens with one attached hydrogen (secondary N) is 1. The number of carbonyl (C=O) groups is 3. The van der Waals surface area contributed by atoms with Crippen LogP contribution in [0.5, 0.6) is 0 Å². The van der Waals surface area contributed by atoms with Crippen molar-refractivity contribution in [1.82, 2.24) is 5.32 Å². The molecule has 1 aliphatic rings. The molecule has 2 aromatic rings. The predicted molar refractivity (Wildman–Crippen MR) is 102 cm³/mol. The van der Waals surface area contributed by atoms with Crippen LogP contribution in [0.1, 0.15) is 45.9 Å². The third-order valence-corrected chi connectivity index (χ3v) is 4.93. The first kappa shape index (κ1) is 18.6. The number of anilines is 1. The Kier molecular flexibility index (Phi) is 5.26. The zero-order valence-electron chi connectivity index (χ0n) is 15.4. The quantitative estimate of drug-likeness (QED) is 0.852. The van der Waals surface area contributed by atoms with Crippen molar-refractivity contribution < 1.29 is 19.5 Å². The molecular weight excluding hydrogens is 344 g/mol. The minimum atomic E-state index is -0.978. The number of benzene rings is 2. The number of carboxylic acid groups (broad SMARTS) is 1. The molecule has 2 aromatic carbocycles. The summed E-state index contributed by atoms with van der Waals surface area (Å²) in [4.78, 5) is 37.5. The third kappa shape index (κ3) is 4.00. The number of fused-ring (bicyclic) bond motifs is 1. The predicted octanol–water partition coefficient (Wildman–Crippen LogP) is 2.85. The zero-order chi connectivity index (χ0) is 19.6. The summed E-state index contributed by atoms with van der Waals surface area (Å²) >= 11 is 0. The van der Waals surface area contributed by atoms with E-state index in [1.54, 1.807) is 30.1 Å². The summed E-state index contributed by atoms with van der Waals surface area (Å²) in [5, 5.41) is 12.1. The molecule has 1 atom stereocenters. The fraction of sp³-hybridized carbons (Fsp3) is 0.286. The molecule has 3 rings (SSSR count). The highest BCUT2D eigenvalue weighted by atomic mass is 16.4. The number of rotatable bonds is 5. The van der Waals surface area contributed by atoms with Crippen molar-refractivity contribution in [2.75, 3.05) is 11.9 Å². The van der Waals surface area contributed by atoms with Crippen LogP contribution >= 0.6 is 0 Å². The van der Waals surface area contributed by atoms with Crippen molar-refractivity contribution in [3.63, 3.8) is 0 Å². The Morgan fingerprint density at radius 3 is 2.63 bits per heavy atom. The number of aryl methyl sites for hydroxylation is 2. The molecule has 1 aliphatic heterocycles. The average Bonchev–Trinajstić information content (AvgIpc) is 2.64. The second-order valence-corrected chi connectivity index (χ2v) is 6.78. The number of amides is 2. The van der Waals surface area contributed by atoms with Crippen LogP contribution in [-0.2, 0) is 16.0 Å². The van der Waals surface area contributed by atoms with Crippen LogP contribution in [0.25, 0.3) is 0 Å². The fourth-order valence-corrected chi connectivity index (χ4v) is 3.43. The largest absolute Gasteiger partial charge is 0.481 e. The van der Waals surface area contributed by atoms with Gasteiger partial charge in [0, 0.05) is 24.7 Å². The van der Waals surface area contributed by atoms with Gasteiger partial charge in [0.15, 0.2) is 0 Å². The third-order valence-electron chi connectivity index (χ3n) is 4.93. The number of hydrogen-bond donors (Lipinski definition) is 2. The minimum Gasteiger partial charge on any atom is -0.481 e. The maximum Gasteiger partial charge on any atom is 0.305 e. The maximum absolute atomic E-state index is 12.8. The van der Waals surface area contributed by atoms with E-state index in [1.807, 2.05) is 31.2 Å². The lowest BCUT2D eigenvalue weighted by Gasteiger charge is -2.26. The molecule has 0 saturated carbocycles. The van der Waals surface area contributed by atoms with E-state index >= 15 is 0 Å². The second kappa shape index (κ2) is 7.61. The summed E-state index contributed by atoms with van der Waals surface area (Å²) in [5.41, 5.74) is 3.92. The van der Waals surface area contributed by atoms with Gasteiger partial charge in [0.1, 0.15) is 0 Å². The van der Waals surface area contributed by atoms with E-state index in [1.165, 1.54) is 0 Å². The SMILES string of the molecule is Cc1ccccc1C(CC(=O)O)NC(=O)c1ccc2c(c1)CCC(=O)N2C. The second-order valence-electron chi connectivity index (χ2n) is 6.78. The van der Waals surface area contributed by atoms with E-state index in [2.05, 4.69) is 5.32 Å². The standard InChI is InChI=1S/C21H22N2O4/c1-13-5-3-4-6-16(13)17(12-20(25)26)22-21(27)15-7-9-18-14(11-15)8-10-19(24)23(18)2/h3-7,9,11,17H,8,10,12H2,1-2H3,(H,22,27)(H,25,26). The minimum absolute atomic E-state index is 0.0563. The first-order chi connectivity index (χ1) is 12.9. The first-order valence-corrected chi connectivity index (χ1v) is 8.84. The highest BCUT2D eigenvalue weighted by molar-refractivity contribution is 5.99. The Bertz CT molecular complexity index is 907. The lowest BCUT2D eigenvalue weighted by Crippen LogP contribution is -2.32.